The molecule has 4 nitrogen and oxygen atoms in total. The Hall–Kier alpha value is -0.750. The Bertz CT molecular complexity index is 318. The van der Waals surface area contributed by atoms with Gasteiger partial charge in [0.05, 0.1) is 20.3 Å². The number of benzene rings is 1. The van der Waals surface area contributed by atoms with Gasteiger partial charge in [-0.1, -0.05) is 0 Å². The van der Waals surface area contributed by atoms with E-state index >= 15 is 0 Å². The Kier molecular flexibility index (Phi) is 6.36. The van der Waals surface area contributed by atoms with Crippen molar-refractivity contribution in [3.8, 4) is 5.75 Å². The molecule has 0 aliphatic carbocycles. The first-order chi connectivity index (χ1) is 8.21. The summed E-state index contributed by atoms with van der Waals surface area (Å²) in [6, 6.07) is 7.49. The number of methoxy groups -OCH3 is 2. The third-order valence-corrected chi connectivity index (χ3v) is 3.71. The van der Waals surface area contributed by atoms with Crippen LogP contribution in [0.5, 0.6) is 5.75 Å². The van der Waals surface area contributed by atoms with Crippen LogP contribution in [-0.2, 0) is 4.74 Å². The maximum atomic E-state index is 9.30. The summed E-state index contributed by atoms with van der Waals surface area (Å²) in [6.45, 7) is 0.468. The molecule has 1 aromatic carbocycles. The van der Waals surface area contributed by atoms with E-state index in [9.17, 15) is 5.11 Å². The zero-order valence-corrected chi connectivity index (χ0v) is 10.9. The number of aliphatic hydroxyl groups is 1. The van der Waals surface area contributed by atoms with E-state index in [1.165, 1.54) is 0 Å². The van der Waals surface area contributed by atoms with Gasteiger partial charge in [-0.2, -0.15) is 0 Å². The number of thioether (sulfide) groups is 1. The molecule has 2 atom stereocenters. The van der Waals surface area contributed by atoms with Gasteiger partial charge in [-0.05, 0) is 24.3 Å². The molecule has 5 heteroatoms. The second kappa shape index (κ2) is 7.55. The van der Waals surface area contributed by atoms with Crippen molar-refractivity contribution in [1.29, 1.82) is 0 Å². The molecule has 96 valence electrons. The Morgan fingerprint density at radius 1 is 1.29 bits per heavy atom. The molecule has 0 spiro atoms. The Balaban J connectivity index is 2.60. The van der Waals surface area contributed by atoms with E-state index in [-0.39, 0.29) is 17.9 Å². The van der Waals surface area contributed by atoms with Gasteiger partial charge in [0.25, 0.3) is 0 Å². The maximum Gasteiger partial charge on any atom is 0.118 e. The molecule has 3 N–H and O–H groups in total. The molecule has 0 radical (unpaired) electrons. The van der Waals surface area contributed by atoms with Crippen LogP contribution in [0, 0.1) is 0 Å². The fraction of sp³-hybridized carbons (Fsp3) is 0.500. The first-order valence-corrected chi connectivity index (χ1v) is 6.25. The predicted octanol–water partition coefficient (Wildman–Crippen LogP) is 1.12. The highest BCUT2D eigenvalue weighted by Crippen LogP contribution is 2.26. The predicted molar refractivity (Wildman–Crippen MR) is 69.6 cm³/mol. The second-order valence-corrected chi connectivity index (χ2v) is 4.95. The van der Waals surface area contributed by atoms with Crippen LogP contribution >= 0.6 is 11.8 Å². The molecular formula is C12H19NO3S. The lowest BCUT2D eigenvalue weighted by Gasteiger charge is -2.20. The quantitative estimate of drug-likeness (QED) is 0.717. The summed E-state index contributed by atoms with van der Waals surface area (Å²) in [5, 5.41) is 9.24. The summed E-state index contributed by atoms with van der Waals surface area (Å²) in [6.07, 6.45) is 0. The van der Waals surface area contributed by atoms with Crippen molar-refractivity contribution in [1.82, 2.24) is 0 Å². The lowest BCUT2D eigenvalue weighted by atomic mass is 10.2. The van der Waals surface area contributed by atoms with Crippen LogP contribution in [0.3, 0.4) is 0 Å². The Morgan fingerprint density at radius 2 is 1.94 bits per heavy atom. The smallest absolute Gasteiger partial charge is 0.118 e. The molecule has 2 unspecified atom stereocenters. The Labute approximate surface area is 106 Å². The van der Waals surface area contributed by atoms with Gasteiger partial charge in [-0.15, -0.1) is 11.8 Å². The van der Waals surface area contributed by atoms with E-state index < -0.39 is 0 Å². The van der Waals surface area contributed by atoms with Crippen LogP contribution in [0.4, 0.5) is 0 Å². The minimum Gasteiger partial charge on any atom is -0.497 e. The highest BCUT2D eigenvalue weighted by Gasteiger charge is 2.18. The van der Waals surface area contributed by atoms with Gasteiger partial charge in [-0.25, -0.2) is 0 Å². The number of hydrogen-bond donors (Lipinski definition) is 2. The van der Waals surface area contributed by atoms with Crippen LogP contribution < -0.4 is 10.5 Å². The van der Waals surface area contributed by atoms with Crippen molar-refractivity contribution in [3.63, 3.8) is 0 Å². The van der Waals surface area contributed by atoms with Crippen LogP contribution in [-0.4, -0.2) is 43.8 Å². The summed E-state index contributed by atoms with van der Waals surface area (Å²) in [7, 11) is 3.24. The first-order valence-electron chi connectivity index (χ1n) is 5.37. The molecule has 0 amide bonds. The molecule has 0 aliphatic rings. The SMILES string of the molecule is COCC(N)C(CO)Sc1ccc(OC)cc1. The van der Waals surface area contributed by atoms with Crippen LogP contribution in [0.25, 0.3) is 0 Å². The van der Waals surface area contributed by atoms with Crippen LogP contribution in [0.1, 0.15) is 0 Å². The minimum absolute atomic E-state index is 0.0290. The molecule has 0 bridgehead atoms. The van der Waals surface area contributed by atoms with Crippen molar-refractivity contribution >= 4 is 11.8 Å². The average molecular weight is 257 g/mol. The molecule has 0 fully saturated rings. The fourth-order valence-corrected chi connectivity index (χ4v) is 2.36. The zero-order chi connectivity index (χ0) is 12.7. The lowest BCUT2D eigenvalue weighted by Crippen LogP contribution is -2.38. The fourth-order valence-electron chi connectivity index (χ4n) is 1.39. The average Bonchev–Trinajstić information content (AvgIpc) is 2.37. The van der Waals surface area contributed by atoms with Gasteiger partial charge in [0, 0.05) is 23.3 Å². The number of ether oxygens (including phenoxy) is 2. The van der Waals surface area contributed by atoms with Crippen molar-refractivity contribution in [2.24, 2.45) is 5.73 Å². The van der Waals surface area contributed by atoms with Gasteiger partial charge < -0.3 is 20.3 Å². The number of nitrogens with two attached hydrogens (primary N) is 1. The van der Waals surface area contributed by atoms with Gasteiger partial charge >= 0.3 is 0 Å². The maximum absolute atomic E-state index is 9.30. The summed E-state index contributed by atoms with van der Waals surface area (Å²) >= 11 is 1.55. The molecule has 0 heterocycles. The summed E-state index contributed by atoms with van der Waals surface area (Å²) in [4.78, 5) is 1.05. The van der Waals surface area contributed by atoms with E-state index in [4.69, 9.17) is 15.2 Å². The van der Waals surface area contributed by atoms with E-state index in [2.05, 4.69) is 0 Å². The molecule has 1 aromatic rings. The van der Waals surface area contributed by atoms with Crippen molar-refractivity contribution in [2.75, 3.05) is 27.4 Å². The zero-order valence-electron chi connectivity index (χ0n) is 10.1. The number of aliphatic hydroxyl groups excluding tert-OH is 1. The number of hydrogen-bond acceptors (Lipinski definition) is 5. The van der Waals surface area contributed by atoms with Gasteiger partial charge in [0.1, 0.15) is 5.75 Å². The largest absolute Gasteiger partial charge is 0.497 e. The summed E-state index contributed by atoms with van der Waals surface area (Å²) < 4.78 is 10.1. The second-order valence-electron chi connectivity index (χ2n) is 3.63. The molecule has 0 saturated carbocycles. The molecule has 0 aromatic heterocycles. The van der Waals surface area contributed by atoms with Crippen molar-refractivity contribution < 1.29 is 14.6 Å². The van der Waals surface area contributed by atoms with E-state index in [1.54, 1.807) is 26.0 Å². The Morgan fingerprint density at radius 3 is 2.41 bits per heavy atom. The van der Waals surface area contributed by atoms with Gasteiger partial charge in [0.15, 0.2) is 0 Å². The van der Waals surface area contributed by atoms with E-state index in [0.29, 0.717) is 6.61 Å². The third-order valence-electron chi connectivity index (χ3n) is 2.36. The summed E-state index contributed by atoms with van der Waals surface area (Å²) in [5.74, 6) is 0.816. The minimum atomic E-state index is -0.183. The van der Waals surface area contributed by atoms with Crippen LogP contribution in [0.15, 0.2) is 29.2 Å². The third kappa shape index (κ3) is 4.55. The molecule has 0 saturated heterocycles. The normalized spacial score (nSPS) is 14.4. The molecule has 17 heavy (non-hydrogen) atoms. The van der Waals surface area contributed by atoms with Gasteiger partial charge in [-0.3, -0.25) is 0 Å². The molecule has 1 rings (SSSR count). The lowest BCUT2D eigenvalue weighted by molar-refractivity contribution is 0.167. The highest BCUT2D eigenvalue weighted by molar-refractivity contribution is 8.00. The monoisotopic (exact) mass is 257 g/mol. The molecule has 0 aliphatic heterocycles. The molecular weight excluding hydrogens is 238 g/mol. The first kappa shape index (κ1) is 14.3. The van der Waals surface area contributed by atoms with E-state index in [1.807, 2.05) is 24.3 Å². The topological polar surface area (TPSA) is 64.7 Å². The van der Waals surface area contributed by atoms with Crippen molar-refractivity contribution in [2.45, 2.75) is 16.2 Å². The summed E-state index contributed by atoms with van der Waals surface area (Å²) in [5.41, 5.74) is 5.91. The van der Waals surface area contributed by atoms with Gasteiger partial charge in [0.2, 0.25) is 0 Å². The van der Waals surface area contributed by atoms with Crippen LogP contribution in [0.2, 0.25) is 0 Å². The van der Waals surface area contributed by atoms with Crippen molar-refractivity contribution in [3.05, 3.63) is 24.3 Å². The standard InChI is InChI=1S/C12H19NO3S/c1-15-8-11(13)12(7-14)17-10-5-3-9(16-2)4-6-10/h3-6,11-12,14H,7-8,13H2,1-2H3. The highest BCUT2D eigenvalue weighted by atomic mass is 32.2. The van der Waals surface area contributed by atoms with E-state index in [0.717, 1.165) is 10.6 Å². The number of rotatable bonds is 7.